The van der Waals surface area contributed by atoms with Gasteiger partial charge in [-0.3, -0.25) is 9.59 Å². The molecule has 2 N–H and O–H groups in total. The van der Waals surface area contributed by atoms with Gasteiger partial charge in [0.25, 0.3) is 5.91 Å². The van der Waals surface area contributed by atoms with E-state index in [4.69, 9.17) is 0 Å². The minimum absolute atomic E-state index is 0.0850. The van der Waals surface area contributed by atoms with Crippen LogP contribution in [0.3, 0.4) is 0 Å². The van der Waals surface area contributed by atoms with Gasteiger partial charge in [0.15, 0.2) is 5.78 Å². The molecule has 1 aromatic heterocycles. The molecule has 1 heterocycles. The molecule has 108 valence electrons. The lowest BCUT2D eigenvalue weighted by Gasteiger charge is -2.06. The van der Waals surface area contributed by atoms with Gasteiger partial charge in [-0.15, -0.1) is 0 Å². The van der Waals surface area contributed by atoms with Crippen LogP contribution >= 0.6 is 0 Å². The Morgan fingerprint density at radius 3 is 2.45 bits per heavy atom. The minimum atomic E-state index is -0.304. The van der Waals surface area contributed by atoms with Crippen molar-refractivity contribution < 1.29 is 9.59 Å². The summed E-state index contributed by atoms with van der Waals surface area (Å²) in [6.07, 6.45) is 2.87. The highest BCUT2D eigenvalue weighted by atomic mass is 16.2. The molecule has 5 heteroatoms. The minimum Gasteiger partial charge on any atom is -0.341 e. The molecule has 3 aromatic rings. The number of hydrogen-bond donors (Lipinski definition) is 2. The first-order valence-electron chi connectivity index (χ1n) is 6.73. The molecule has 3 rings (SSSR count). The molecule has 0 unspecified atom stereocenters. The predicted molar refractivity (Wildman–Crippen MR) is 82.9 cm³/mol. The number of nitrogens with one attached hydrogen (secondary N) is 2. The van der Waals surface area contributed by atoms with E-state index in [2.05, 4.69) is 15.3 Å². The number of carbonyl (C=O) groups excluding carboxylic acids is 2. The first kappa shape index (κ1) is 13.8. The van der Waals surface area contributed by atoms with Gasteiger partial charge in [-0.05, 0) is 12.1 Å². The van der Waals surface area contributed by atoms with Crippen molar-refractivity contribution in [3.63, 3.8) is 0 Å². The number of imidazole rings is 1. The monoisotopic (exact) mass is 291 g/mol. The highest BCUT2D eigenvalue weighted by Gasteiger charge is 2.11. The standard InChI is InChI=1S/C17H13N3O2/c21-16(12-5-2-1-3-6-12)13-7-4-8-14(9-13)20-17(22)15-10-18-11-19-15/h1-11H,(H,18,19)(H,20,22). The molecular formula is C17H13N3O2. The summed E-state index contributed by atoms with van der Waals surface area (Å²) in [4.78, 5) is 30.9. The number of aromatic amines is 1. The first-order chi connectivity index (χ1) is 10.7. The van der Waals surface area contributed by atoms with Gasteiger partial charge in [0.1, 0.15) is 5.69 Å². The van der Waals surface area contributed by atoms with E-state index in [1.165, 1.54) is 12.5 Å². The number of amides is 1. The molecule has 0 radical (unpaired) electrons. The third kappa shape index (κ3) is 2.93. The Kier molecular flexibility index (Phi) is 3.78. The number of nitrogens with zero attached hydrogens (tertiary/aromatic N) is 1. The molecule has 0 saturated heterocycles. The summed E-state index contributed by atoms with van der Waals surface area (Å²) in [7, 11) is 0. The van der Waals surface area contributed by atoms with Gasteiger partial charge in [-0.25, -0.2) is 4.98 Å². The topological polar surface area (TPSA) is 74.8 Å². The van der Waals surface area contributed by atoms with Crippen molar-refractivity contribution in [1.82, 2.24) is 9.97 Å². The fraction of sp³-hybridized carbons (Fsp3) is 0. The van der Waals surface area contributed by atoms with Crippen molar-refractivity contribution in [3.05, 3.63) is 83.9 Å². The molecule has 0 aliphatic heterocycles. The van der Waals surface area contributed by atoms with Crippen LogP contribution in [0.5, 0.6) is 0 Å². The number of carbonyl (C=O) groups is 2. The van der Waals surface area contributed by atoms with Crippen LogP contribution in [0.4, 0.5) is 5.69 Å². The van der Waals surface area contributed by atoms with Crippen molar-refractivity contribution in [1.29, 1.82) is 0 Å². The van der Waals surface area contributed by atoms with Crippen LogP contribution in [0.1, 0.15) is 26.4 Å². The summed E-state index contributed by atoms with van der Waals surface area (Å²) < 4.78 is 0. The third-order valence-electron chi connectivity index (χ3n) is 3.16. The van der Waals surface area contributed by atoms with Crippen molar-refractivity contribution in [2.45, 2.75) is 0 Å². The number of aromatic nitrogens is 2. The zero-order valence-electron chi connectivity index (χ0n) is 11.6. The Balaban J connectivity index is 1.81. The van der Waals surface area contributed by atoms with Crippen molar-refractivity contribution in [2.75, 3.05) is 5.32 Å². The maximum absolute atomic E-state index is 12.4. The van der Waals surface area contributed by atoms with E-state index in [0.29, 0.717) is 22.5 Å². The Bertz CT molecular complexity index is 796. The van der Waals surface area contributed by atoms with E-state index in [0.717, 1.165) is 0 Å². The van der Waals surface area contributed by atoms with Crippen LogP contribution in [0.2, 0.25) is 0 Å². The summed E-state index contributed by atoms with van der Waals surface area (Å²) in [5, 5.41) is 2.73. The van der Waals surface area contributed by atoms with Gasteiger partial charge < -0.3 is 10.3 Å². The molecule has 0 bridgehead atoms. The van der Waals surface area contributed by atoms with Crippen molar-refractivity contribution in [2.24, 2.45) is 0 Å². The highest BCUT2D eigenvalue weighted by molar-refractivity contribution is 6.10. The molecule has 0 atom stereocenters. The van der Waals surface area contributed by atoms with Gasteiger partial charge in [0.2, 0.25) is 0 Å². The maximum atomic E-state index is 12.4. The number of anilines is 1. The quantitative estimate of drug-likeness (QED) is 0.726. The SMILES string of the molecule is O=C(c1ccccc1)c1cccc(NC(=O)c2cnc[nH]2)c1. The van der Waals surface area contributed by atoms with Crippen molar-refractivity contribution in [3.8, 4) is 0 Å². The second-order valence-corrected chi connectivity index (χ2v) is 4.70. The Labute approximate surface area is 127 Å². The maximum Gasteiger partial charge on any atom is 0.273 e. The predicted octanol–water partition coefficient (Wildman–Crippen LogP) is 2.89. The van der Waals surface area contributed by atoms with Gasteiger partial charge in [0.05, 0.1) is 12.5 Å². The van der Waals surface area contributed by atoms with Crippen LogP contribution in [0, 0.1) is 0 Å². The summed E-state index contributed by atoms with van der Waals surface area (Å²) in [6.45, 7) is 0. The van der Waals surface area contributed by atoms with Crippen LogP contribution in [-0.4, -0.2) is 21.7 Å². The number of H-pyrrole nitrogens is 1. The summed E-state index contributed by atoms with van der Waals surface area (Å²) in [5.41, 5.74) is 2.05. The fourth-order valence-electron chi connectivity index (χ4n) is 2.07. The highest BCUT2D eigenvalue weighted by Crippen LogP contribution is 2.15. The average molecular weight is 291 g/mol. The zero-order valence-corrected chi connectivity index (χ0v) is 11.6. The average Bonchev–Trinajstić information content (AvgIpc) is 3.10. The number of hydrogen-bond acceptors (Lipinski definition) is 3. The van der Waals surface area contributed by atoms with E-state index in [9.17, 15) is 9.59 Å². The second-order valence-electron chi connectivity index (χ2n) is 4.70. The summed E-state index contributed by atoms with van der Waals surface area (Å²) in [6, 6.07) is 15.9. The number of rotatable bonds is 4. The van der Waals surface area contributed by atoms with Crippen LogP contribution in [-0.2, 0) is 0 Å². The lowest BCUT2D eigenvalue weighted by Crippen LogP contribution is -2.12. The van der Waals surface area contributed by atoms with Gasteiger partial charge in [0, 0.05) is 16.8 Å². The van der Waals surface area contributed by atoms with E-state index < -0.39 is 0 Å². The summed E-state index contributed by atoms with van der Waals surface area (Å²) in [5.74, 6) is -0.389. The fourth-order valence-corrected chi connectivity index (χ4v) is 2.07. The molecule has 1 amide bonds. The normalized spacial score (nSPS) is 10.2. The number of ketones is 1. The summed E-state index contributed by atoms with van der Waals surface area (Å²) >= 11 is 0. The molecule has 2 aromatic carbocycles. The van der Waals surface area contributed by atoms with Crippen LogP contribution in [0.15, 0.2) is 67.1 Å². The van der Waals surface area contributed by atoms with Gasteiger partial charge in [-0.1, -0.05) is 42.5 Å². The first-order valence-corrected chi connectivity index (χ1v) is 6.73. The number of benzene rings is 2. The van der Waals surface area contributed by atoms with E-state index in [-0.39, 0.29) is 11.7 Å². The molecule has 0 saturated carbocycles. The molecule has 0 aliphatic carbocycles. The molecule has 0 aliphatic rings. The lowest BCUT2D eigenvalue weighted by atomic mass is 10.0. The largest absolute Gasteiger partial charge is 0.341 e. The molecule has 22 heavy (non-hydrogen) atoms. The van der Waals surface area contributed by atoms with Crippen molar-refractivity contribution >= 4 is 17.4 Å². The van der Waals surface area contributed by atoms with E-state index in [1.54, 1.807) is 36.4 Å². The Morgan fingerprint density at radius 1 is 0.955 bits per heavy atom. The lowest BCUT2D eigenvalue weighted by molar-refractivity contribution is 0.101. The Morgan fingerprint density at radius 2 is 1.73 bits per heavy atom. The van der Waals surface area contributed by atoms with Gasteiger partial charge >= 0.3 is 0 Å². The molecule has 5 nitrogen and oxygen atoms in total. The van der Waals surface area contributed by atoms with Crippen LogP contribution < -0.4 is 5.32 Å². The molecular weight excluding hydrogens is 278 g/mol. The second kappa shape index (κ2) is 6.05. The molecule has 0 spiro atoms. The van der Waals surface area contributed by atoms with E-state index >= 15 is 0 Å². The van der Waals surface area contributed by atoms with Gasteiger partial charge in [-0.2, -0.15) is 0 Å². The smallest absolute Gasteiger partial charge is 0.273 e. The third-order valence-corrected chi connectivity index (χ3v) is 3.16. The zero-order chi connectivity index (χ0) is 15.4. The molecule has 0 fully saturated rings. The Hall–Kier alpha value is -3.21. The van der Waals surface area contributed by atoms with Crippen LogP contribution in [0.25, 0.3) is 0 Å². The van der Waals surface area contributed by atoms with E-state index in [1.807, 2.05) is 18.2 Å².